The standard InChI is InChI=1S/C17H20Cl2N2O3/c1-17(2,3)24-16(22)21-6-4-5-12(10-21)23-15-13(18)7-11(9-20)8-14(15)19/h7-8,12H,4-6,10H2,1-3H3. The Bertz CT molecular complexity index is 642. The number of piperidine rings is 1. The highest BCUT2D eigenvalue weighted by Crippen LogP contribution is 2.35. The first-order valence-corrected chi connectivity index (χ1v) is 8.49. The quantitative estimate of drug-likeness (QED) is 0.760. The van der Waals surface area contributed by atoms with Gasteiger partial charge in [-0.3, -0.25) is 0 Å². The summed E-state index contributed by atoms with van der Waals surface area (Å²) in [5.41, 5.74) is -0.165. The fourth-order valence-corrected chi connectivity index (χ4v) is 3.01. The largest absolute Gasteiger partial charge is 0.485 e. The zero-order chi connectivity index (χ0) is 17.9. The van der Waals surface area contributed by atoms with Crippen LogP contribution in [0, 0.1) is 11.3 Å². The van der Waals surface area contributed by atoms with Gasteiger partial charge in [0.2, 0.25) is 0 Å². The molecule has 1 fully saturated rings. The molecule has 0 bridgehead atoms. The lowest BCUT2D eigenvalue weighted by atomic mass is 10.1. The molecule has 2 rings (SSSR count). The van der Waals surface area contributed by atoms with Crippen LogP contribution in [0.2, 0.25) is 10.0 Å². The Labute approximate surface area is 152 Å². The van der Waals surface area contributed by atoms with Crippen molar-refractivity contribution in [1.29, 1.82) is 5.26 Å². The molecule has 0 N–H and O–H groups in total. The zero-order valence-corrected chi connectivity index (χ0v) is 15.4. The summed E-state index contributed by atoms with van der Waals surface area (Å²) in [5, 5.41) is 9.49. The Morgan fingerprint density at radius 1 is 1.33 bits per heavy atom. The zero-order valence-electron chi connectivity index (χ0n) is 13.9. The topological polar surface area (TPSA) is 62.6 Å². The molecule has 1 aliphatic heterocycles. The minimum atomic E-state index is -0.537. The lowest BCUT2D eigenvalue weighted by molar-refractivity contribution is 0.00779. The number of carbonyl (C=O) groups is 1. The highest BCUT2D eigenvalue weighted by atomic mass is 35.5. The molecular weight excluding hydrogens is 351 g/mol. The number of carbonyl (C=O) groups excluding carboxylic acids is 1. The molecular formula is C17H20Cl2N2O3. The lowest BCUT2D eigenvalue weighted by Gasteiger charge is -2.34. The van der Waals surface area contributed by atoms with Gasteiger partial charge in [0.1, 0.15) is 11.7 Å². The summed E-state index contributed by atoms with van der Waals surface area (Å²) in [6.45, 7) is 6.53. The van der Waals surface area contributed by atoms with Crippen LogP contribution in [0.5, 0.6) is 5.75 Å². The lowest BCUT2D eigenvalue weighted by Crippen LogP contribution is -2.46. The molecule has 1 unspecified atom stereocenters. The predicted octanol–water partition coefficient (Wildman–Crippen LogP) is 4.64. The monoisotopic (exact) mass is 370 g/mol. The second kappa shape index (κ2) is 7.50. The van der Waals surface area contributed by atoms with Gasteiger partial charge in [-0.1, -0.05) is 23.2 Å². The Balaban J connectivity index is 2.06. The normalized spacial score (nSPS) is 18.0. The second-order valence-corrected chi connectivity index (χ2v) is 7.50. The number of likely N-dealkylation sites (tertiary alicyclic amines) is 1. The number of amides is 1. The van der Waals surface area contributed by atoms with E-state index in [-0.39, 0.29) is 22.2 Å². The van der Waals surface area contributed by atoms with Crippen molar-refractivity contribution >= 4 is 29.3 Å². The van der Waals surface area contributed by atoms with Gasteiger partial charge in [0.25, 0.3) is 0 Å². The first-order valence-electron chi connectivity index (χ1n) is 7.73. The maximum atomic E-state index is 12.2. The number of benzene rings is 1. The molecule has 1 aliphatic rings. The number of ether oxygens (including phenoxy) is 2. The number of hydrogen-bond acceptors (Lipinski definition) is 4. The number of nitrogens with zero attached hydrogens (tertiary/aromatic N) is 2. The third-order valence-corrected chi connectivity index (χ3v) is 4.00. The van der Waals surface area contributed by atoms with E-state index < -0.39 is 5.60 Å². The highest BCUT2D eigenvalue weighted by Gasteiger charge is 2.29. The van der Waals surface area contributed by atoms with Crippen molar-refractivity contribution in [3.05, 3.63) is 27.7 Å². The number of nitriles is 1. The van der Waals surface area contributed by atoms with Gasteiger partial charge in [-0.25, -0.2) is 4.79 Å². The number of rotatable bonds is 2. The van der Waals surface area contributed by atoms with E-state index in [0.717, 1.165) is 12.8 Å². The molecule has 24 heavy (non-hydrogen) atoms. The SMILES string of the molecule is CC(C)(C)OC(=O)N1CCCC(Oc2c(Cl)cc(C#N)cc2Cl)C1. The van der Waals surface area contributed by atoms with E-state index in [9.17, 15) is 4.79 Å². The minimum absolute atomic E-state index is 0.228. The fourth-order valence-electron chi connectivity index (χ4n) is 2.43. The van der Waals surface area contributed by atoms with Crippen molar-refractivity contribution in [2.24, 2.45) is 0 Å². The van der Waals surface area contributed by atoms with E-state index >= 15 is 0 Å². The van der Waals surface area contributed by atoms with Gasteiger partial charge in [0.15, 0.2) is 5.75 Å². The molecule has 1 heterocycles. The maximum absolute atomic E-state index is 12.2. The Hall–Kier alpha value is -1.64. The highest BCUT2D eigenvalue weighted by molar-refractivity contribution is 6.37. The van der Waals surface area contributed by atoms with E-state index in [1.54, 1.807) is 4.90 Å². The number of halogens is 2. The minimum Gasteiger partial charge on any atom is -0.485 e. The fraction of sp³-hybridized carbons (Fsp3) is 0.529. The number of hydrogen-bond donors (Lipinski definition) is 0. The van der Waals surface area contributed by atoms with Gasteiger partial charge in [-0.2, -0.15) is 5.26 Å². The van der Waals surface area contributed by atoms with Crippen molar-refractivity contribution < 1.29 is 14.3 Å². The van der Waals surface area contributed by atoms with Crippen molar-refractivity contribution in [3.8, 4) is 11.8 Å². The summed E-state index contributed by atoms with van der Waals surface area (Å²) in [5.74, 6) is 0.341. The Morgan fingerprint density at radius 2 is 1.96 bits per heavy atom. The van der Waals surface area contributed by atoms with E-state index in [0.29, 0.717) is 24.4 Å². The molecule has 0 saturated carbocycles. The van der Waals surface area contributed by atoms with Gasteiger partial charge < -0.3 is 14.4 Å². The molecule has 1 atom stereocenters. The molecule has 5 nitrogen and oxygen atoms in total. The molecule has 0 aromatic heterocycles. The smallest absolute Gasteiger partial charge is 0.410 e. The molecule has 130 valence electrons. The molecule has 1 amide bonds. The summed E-state index contributed by atoms with van der Waals surface area (Å²) < 4.78 is 11.3. The van der Waals surface area contributed by atoms with Gasteiger partial charge in [0, 0.05) is 6.54 Å². The van der Waals surface area contributed by atoms with Crippen molar-refractivity contribution in [3.63, 3.8) is 0 Å². The van der Waals surface area contributed by atoms with Crippen molar-refractivity contribution in [2.75, 3.05) is 13.1 Å². The van der Waals surface area contributed by atoms with Crippen LogP contribution in [-0.2, 0) is 4.74 Å². The maximum Gasteiger partial charge on any atom is 0.410 e. The molecule has 0 aliphatic carbocycles. The van der Waals surface area contributed by atoms with Crippen molar-refractivity contribution in [2.45, 2.75) is 45.3 Å². The van der Waals surface area contributed by atoms with E-state index in [2.05, 4.69) is 0 Å². The summed E-state index contributed by atoms with van der Waals surface area (Å²) in [4.78, 5) is 13.8. The summed E-state index contributed by atoms with van der Waals surface area (Å²) in [6.07, 6.45) is 1.00. The predicted molar refractivity (Wildman–Crippen MR) is 92.6 cm³/mol. The average molecular weight is 371 g/mol. The Morgan fingerprint density at radius 3 is 2.50 bits per heavy atom. The molecule has 1 saturated heterocycles. The van der Waals surface area contributed by atoms with Gasteiger partial charge >= 0.3 is 6.09 Å². The van der Waals surface area contributed by atoms with Crippen molar-refractivity contribution in [1.82, 2.24) is 4.90 Å². The third-order valence-electron chi connectivity index (χ3n) is 3.44. The molecule has 7 heteroatoms. The van der Waals surface area contributed by atoms with E-state index in [1.807, 2.05) is 26.8 Å². The van der Waals surface area contributed by atoms with Crippen LogP contribution < -0.4 is 4.74 Å². The average Bonchev–Trinajstić information content (AvgIpc) is 2.49. The van der Waals surface area contributed by atoms with Gasteiger partial charge in [-0.15, -0.1) is 0 Å². The van der Waals surface area contributed by atoms with Crippen LogP contribution in [0.3, 0.4) is 0 Å². The van der Waals surface area contributed by atoms with Gasteiger partial charge in [0.05, 0.1) is 28.2 Å². The molecule has 1 aromatic rings. The van der Waals surface area contributed by atoms with E-state index in [4.69, 9.17) is 37.9 Å². The first-order chi connectivity index (χ1) is 11.2. The molecule has 0 radical (unpaired) electrons. The van der Waals surface area contributed by atoms with Crippen LogP contribution in [0.25, 0.3) is 0 Å². The van der Waals surface area contributed by atoms with Crippen LogP contribution >= 0.6 is 23.2 Å². The molecule has 0 spiro atoms. The third kappa shape index (κ3) is 4.93. The summed E-state index contributed by atoms with van der Waals surface area (Å²) in [6, 6.07) is 5.01. The van der Waals surface area contributed by atoms with Gasteiger partial charge in [-0.05, 0) is 45.7 Å². The summed E-state index contributed by atoms with van der Waals surface area (Å²) in [7, 11) is 0. The van der Waals surface area contributed by atoms with E-state index in [1.165, 1.54) is 12.1 Å². The van der Waals surface area contributed by atoms with Crippen LogP contribution in [0.15, 0.2) is 12.1 Å². The molecule has 1 aromatic carbocycles. The Kier molecular flexibility index (Phi) is 5.84. The second-order valence-electron chi connectivity index (χ2n) is 6.69. The summed E-state index contributed by atoms with van der Waals surface area (Å²) >= 11 is 12.3. The van der Waals surface area contributed by atoms with Crippen LogP contribution in [0.1, 0.15) is 39.2 Å². The van der Waals surface area contributed by atoms with Crippen LogP contribution in [-0.4, -0.2) is 35.8 Å². The first kappa shape index (κ1) is 18.7. The van der Waals surface area contributed by atoms with Crippen LogP contribution in [0.4, 0.5) is 4.79 Å².